The summed E-state index contributed by atoms with van der Waals surface area (Å²) in [7, 11) is 1.47. The number of methoxy groups -OCH3 is 1. The Bertz CT molecular complexity index is 361. The van der Waals surface area contributed by atoms with Crippen molar-refractivity contribution < 1.29 is 14.3 Å². The van der Waals surface area contributed by atoms with E-state index in [0.717, 1.165) is 5.56 Å². The van der Waals surface area contributed by atoms with Gasteiger partial charge in [0.15, 0.2) is 0 Å². The number of esters is 1. The van der Waals surface area contributed by atoms with Gasteiger partial charge in [-0.05, 0) is 6.07 Å². The van der Waals surface area contributed by atoms with Gasteiger partial charge in [-0.1, -0.05) is 34.1 Å². The molecule has 0 heterocycles. The average Bonchev–Trinajstić information content (AvgIpc) is 2.27. The third-order valence-electron chi connectivity index (χ3n) is 1.67. The zero-order valence-electron chi connectivity index (χ0n) is 8.27. The minimum Gasteiger partial charge on any atom is -0.504 e. The van der Waals surface area contributed by atoms with Gasteiger partial charge >= 0.3 is 5.97 Å². The Morgan fingerprint density at radius 1 is 1.47 bits per heavy atom. The van der Waals surface area contributed by atoms with Gasteiger partial charge in [-0.25, -0.2) is 4.79 Å². The van der Waals surface area contributed by atoms with Crippen LogP contribution in [0, 0.1) is 0 Å². The highest BCUT2D eigenvalue weighted by atomic mass is 79.9. The van der Waals surface area contributed by atoms with Crippen molar-refractivity contribution in [2.75, 3.05) is 7.11 Å². The maximum atomic E-state index is 11.2. The van der Waals surface area contributed by atoms with Gasteiger partial charge in [0.25, 0.3) is 0 Å². The third kappa shape index (κ3) is 3.75. The Morgan fingerprint density at radius 2 is 2.20 bits per heavy atom. The van der Waals surface area contributed by atoms with Gasteiger partial charge < -0.3 is 9.47 Å². The lowest BCUT2D eigenvalue weighted by Crippen LogP contribution is -2.05. The summed E-state index contributed by atoms with van der Waals surface area (Å²) in [6, 6.07) is 7.33. The van der Waals surface area contributed by atoms with E-state index in [9.17, 15) is 4.79 Å². The molecule has 80 valence electrons. The summed E-state index contributed by atoms with van der Waals surface area (Å²) in [5.41, 5.74) is 0.927. The van der Waals surface area contributed by atoms with Crippen molar-refractivity contribution in [2.24, 2.45) is 0 Å². The van der Waals surface area contributed by atoms with Gasteiger partial charge in [0.05, 0.1) is 19.4 Å². The number of carbonyl (C=O) groups is 1. The molecule has 0 bridgehead atoms. The van der Waals surface area contributed by atoms with Crippen molar-refractivity contribution in [3.05, 3.63) is 42.2 Å². The van der Waals surface area contributed by atoms with Crippen molar-refractivity contribution in [1.29, 1.82) is 0 Å². The molecule has 0 atom stereocenters. The second-order valence-corrected chi connectivity index (χ2v) is 3.26. The Balaban J connectivity index is 2.71. The number of benzene rings is 1. The maximum Gasteiger partial charge on any atom is 0.339 e. The van der Waals surface area contributed by atoms with E-state index in [2.05, 4.69) is 20.7 Å². The van der Waals surface area contributed by atoms with E-state index in [0.29, 0.717) is 11.1 Å². The minimum absolute atomic E-state index is 0.453. The number of halogens is 1. The van der Waals surface area contributed by atoms with Crippen LogP contribution in [-0.2, 0) is 14.9 Å². The van der Waals surface area contributed by atoms with Crippen molar-refractivity contribution in [2.45, 2.75) is 5.33 Å². The minimum atomic E-state index is -0.453. The van der Waals surface area contributed by atoms with Crippen molar-refractivity contribution in [1.82, 2.24) is 0 Å². The first-order chi connectivity index (χ1) is 7.27. The molecule has 1 aromatic rings. The van der Waals surface area contributed by atoms with Crippen LogP contribution in [-0.4, -0.2) is 13.1 Å². The molecule has 0 spiro atoms. The van der Waals surface area contributed by atoms with Crippen LogP contribution in [0.15, 0.2) is 36.6 Å². The molecule has 3 nitrogen and oxygen atoms in total. The Morgan fingerprint density at radius 3 is 2.87 bits per heavy atom. The Hall–Kier alpha value is -1.29. The fraction of sp³-hybridized carbons (Fsp3) is 0.182. The number of carbonyl (C=O) groups excluding carboxylic acids is 1. The van der Waals surface area contributed by atoms with E-state index in [1.165, 1.54) is 19.4 Å². The highest BCUT2D eigenvalue weighted by Gasteiger charge is 2.04. The summed E-state index contributed by atoms with van der Waals surface area (Å²) in [5, 5.41) is 0.643. The normalized spacial score (nSPS) is 10.3. The molecule has 15 heavy (non-hydrogen) atoms. The van der Waals surface area contributed by atoms with Crippen LogP contribution in [0.3, 0.4) is 0 Å². The van der Waals surface area contributed by atoms with E-state index in [-0.39, 0.29) is 0 Å². The third-order valence-corrected chi connectivity index (χ3v) is 2.27. The SMILES string of the molecule is COC=CC(=O)Oc1ccccc1CBr. The van der Waals surface area contributed by atoms with Gasteiger partial charge in [-0.3, -0.25) is 0 Å². The molecule has 0 N–H and O–H groups in total. The number of ether oxygens (including phenoxy) is 2. The summed E-state index contributed by atoms with van der Waals surface area (Å²) < 4.78 is 9.72. The summed E-state index contributed by atoms with van der Waals surface area (Å²) >= 11 is 3.32. The summed E-state index contributed by atoms with van der Waals surface area (Å²) in [5.74, 6) is 0.102. The standard InChI is InChI=1S/C11H11BrO3/c1-14-7-6-11(13)15-10-5-3-2-4-9(10)8-12/h2-7H,8H2,1H3. The number of para-hydroxylation sites is 1. The predicted octanol–water partition coefficient (Wildman–Crippen LogP) is 2.65. The smallest absolute Gasteiger partial charge is 0.339 e. The molecule has 0 aromatic heterocycles. The van der Waals surface area contributed by atoms with Crippen molar-refractivity contribution in [3.8, 4) is 5.75 Å². The molecule has 0 aliphatic carbocycles. The molecule has 4 heteroatoms. The highest BCUT2D eigenvalue weighted by molar-refractivity contribution is 9.08. The molecule has 1 rings (SSSR count). The summed E-state index contributed by atoms with van der Waals surface area (Å²) in [6.45, 7) is 0. The molecule has 0 fully saturated rings. The lowest BCUT2D eigenvalue weighted by Gasteiger charge is -2.05. The van der Waals surface area contributed by atoms with E-state index < -0.39 is 5.97 Å². The zero-order valence-corrected chi connectivity index (χ0v) is 9.86. The van der Waals surface area contributed by atoms with Gasteiger partial charge in [0, 0.05) is 10.9 Å². The first-order valence-electron chi connectivity index (χ1n) is 4.33. The van der Waals surface area contributed by atoms with E-state index >= 15 is 0 Å². The Labute approximate surface area is 96.8 Å². The van der Waals surface area contributed by atoms with Crippen molar-refractivity contribution in [3.63, 3.8) is 0 Å². The second kappa shape index (κ2) is 6.24. The van der Waals surface area contributed by atoms with Crippen molar-refractivity contribution >= 4 is 21.9 Å². The number of rotatable bonds is 4. The van der Waals surface area contributed by atoms with Crippen LogP contribution in [0.4, 0.5) is 0 Å². The topological polar surface area (TPSA) is 35.5 Å². The maximum absolute atomic E-state index is 11.2. The fourth-order valence-electron chi connectivity index (χ4n) is 0.980. The lowest BCUT2D eigenvalue weighted by molar-refractivity contribution is -0.129. The molecule has 0 saturated carbocycles. The second-order valence-electron chi connectivity index (χ2n) is 2.70. The first kappa shape index (κ1) is 11.8. The van der Waals surface area contributed by atoms with E-state index in [4.69, 9.17) is 4.74 Å². The molecule has 0 aliphatic rings. The van der Waals surface area contributed by atoms with Gasteiger partial charge in [-0.15, -0.1) is 0 Å². The largest absolute Gasteiger partial charge is 0.504 e. The molecule has 1 aromatic carbocycles. The molecule has 0 aliphatic heterocycles. The number of hydrogen-bond donors (Lipinski definition) is 0. The first-order valence-corrected chi connectivity index (χ1v) is 5.45. The lowest BCUT2D eigenvalue weighted by atomic mass is 10.2. The van der Waals surface area contributed by atoms with E-state index in [1.54, 1.807) is 6.07 Å². The van der Waals surface area contributed by atoms with Crippen LogP contribution >= 0.6 is 15.9 Å². The highest BCUT2D eigenvalue weighted by Crippen LogP contribution is 2.20. The Kier molecular flexibility index (Phi) is 4.90. The molecule has 0 radical (unpaired) electrons. The predicted molar refractivity (Wildman–Crippen MR) is 60.9 cm³/mol. The fourth-order valence-corrected chi connectivity index (χ4v) is 1.44. The zero-order chi connectivity index (χ0) is 11.1. The number of alkyl halides is 1. The quantitative estimate of drug-likeness (QED) is 0.278. The molecular weight excluding hydrogens is 260 g/mol. The summed E-state index contributed by atoms with van der Waals surface area (Å²) in [6.07, 6.45) is 2.50. The van der Waals surface area contributed by atoms with E-state index in [1.807, 2.05) is 18.2 Å². The van der Waals surface area contributed by atoms with Gasteiger partial charge in [0.1, 0.15) is 5.75 Å². The average molecular weight is 271 g/mol. The van der Waals surface area contributed by atoms with Crippen LogP contribution in [0.1, 0.15) is 5.56 Å². The monoisotopic (exact) mass is 270 g/mol. The molecule has 0 amide bonds. The van der Waals surface area contributed by atoms with Gasteiger partial charge in [0.2, 0.25) is 0 Å². The number of hydrogen-bond acceptors (Lipinski definition) is 3. The van der Waals surface area contributed by atoms with Crippen LogP contribution in [0.2, 0.25) is 0 Å². The summed E-state index contributed by atoms with van der Waals surface area (Å²) in [4.78, 5) is 11.2. The molecule has 0 unspecified atom stereocenters. The van der Waals surface area contributed by atoms with Gasteiger partial charge in [-0.2, -0.15) is 0 Å². The molecule has 0 saturated heterocycles. The van der Waals surface area contributed by atoms with Crippen LogP contribution < -0.4 is 4.74 Å². The van der Waals surface area contributed by atoms with Crippen LogP contribution in [0.25, 0.3) is 0 Å². The van der Waals surface area contributed by atoms with Crippen LogP contribution in [0.5, 0.6) is 5.75 Å². The molecular formula is C11H11BrO3.